The predicted molar refractivity (Wildman–Crippen MR) is 126 cm³/mol. The number of halogens is 3. The SMILES string of the molecule is CC#CC.CN.Nc1ccc(SN2CCN(c3ccc(SC(F)(F)F)cc3)CC2)cn1. The standard InChI is InChI=1S/C16H17F3N4S2.C4H6.CH5N/c17-16(18,19)24-13-3-1-12(2-4-13)22-7-9-23(10-8-22)25-14-5-6-15(20)21-11-14;1-3-4-2;1-2/h1-6,11H,7-10H2,(H2,20,21);1-2H3;2H2,1H3. The van der Waals surface area contributed by atoms with E-state index in [9.17, 15) is 13.2 Å². The van der Waals surface area contributed by atoms with Crippen LogP contribution < -0.4 is 16.4 Å². The predicted octanol–water partition coefficient (Wildman–Crippen LogP) is 4.71. The molecule has 0 radical (unpaired) electrons. The van der Waals surface area contributed by atoms with Crippen molar-refractivity contribution in [3.05, 3.63) is 42.6 Å². The molecular weight excluding hydrogens is 443 g/mol. The number of anilines is 2. The van der Waals surface area contributed by atoms with Gasteiger partial charge in [-0.25, -0.2) is 9.29 Å². The Hall–Kier alpha value is -2.06. The zero-order valence-electron chi connectivity index (χ0n) is 17.8. The second kappa shape index (κ2) is 14.1. The van der Waals surface area contributed by atoms with Crippen LogP contribution in [0.1, 0.15) is 13.8 Å². The van der Waals surface area contributed by atoms with Gasteiger partial charge in [-0.3, -0.25) is 0 Å². The van der Waals surface area contributed by atoms with Crippen molar-refractivity contribution in [3.63, 3.8) is 0 Å². The number of benzene rings is 1. The maximum Gasteiger partial charge on any atom is 0.446 e. The van der Waals surface area contributed by atoms with Crippen LogP contribution in [0.4, 0.5) is 24.7 Å². The minimum absolute atomic E-state index is 0.0862. The zero-order chi connectivity index (χ0) is 23.3. The van der Waals surface area contributed by atoms with E-state index >= 15 is 0 Å². The molecule has 2 aromatic rings. The summed E-state index contributed by atoms with van der Waals surface area (Å²) in [5.74, 6) is 5.86. The number of aromatic nitrogens is 1. The minimum atomic E-state index is -4.25. The monoisotopic (exact) mass is 471 g/mol. The summed E-state index contributed by atoms with van der Waals surface area (Å²) < 4.78 is 39.4. The molecule has 0 atom stereocenters. The molecule has 1 fully saturated rings. The Morgan fingerprint density at radius 2 is 1.45 bits per heavy atom. The normalized spacial score (nSPS) is 13.7. The fourth-order valence-electron chi connectivity index (χ4n) is 2.49. The highest BCUT2D eigenvalue weighted by molar-refractivity contribution is 8.00. The van der Waals surface area contributed by atoms with Crippen LogP contribution in [0.15, 0.2) is 52.4 Å². The number of hydrogen-bond donors (Lipinski definition) is 2. The van der Waals surface area contributed by atoms with E-state index in [1.54, 1.807) is 36.3 Å². The molecule has 31 heavy (non-hydrogen) atoms. The Balaban J connectivity index is 0.000000720. The van der Waals surface area contributed by atoms with Gasteiger partial charge in [-0.05, 0) is 81.0 Å². The summed E-state index contributed by atoms with van der Waals surface area (Å²) in [5, 5.41) is 0. The van der Waals surface area contributed by atoms with Crippen molar-refractivity contribution in [1.29, 1.82) is 0 Å². The van der Waals surface area contributed by atoms with Crippen molar-refractivity contribution in [2.24, 2.45) is 5.73 Å². The van der Waals surface area contributed by atoms with Crippen molar-refractivity contribution in [3.8, 4) is 11.8 Å². The van der Waals surface area contributed by atoms with Gasteiger partial charge in [0.1, 0.15) is 5.82 Å². The smallest absolute Gasteiger partial charge is 0.384 e. The summed E-state index contributed by atoms with van der Waals surface area (Å²) in [7, 11) is 1.50. The highest BCUT2D eigenvalue weighted by atomic mass is 32.2. The van der Waals surface area contributed by atoms with Crippen LogP contribution in [-0.4, -0.2) is 48.0 Å². The molecule has 0 aliphatic carbocycles. The summed E-state index contributed by atoms with van der Waals surface area (Å²) in [6.45, 7) is 6.99. The van der Waals surface area contributed by atoms with Crippen LogP contribution in [0, 0.1) is 11.8 Å². The maximum atomic E-state index is 12.4. The first kappa shape index (κ1) is 27.0. The topological polar surface area (TPSA) is 71.4 Å². The van der Waals surface area contributed by atoms with Crippen LogP contribution in [0.5, 0.6) is 0 Å². The Labute approximate surface area is 190 Å². The third kappa shape index (κ3) is 10.7. The van der Waals surface area contributed by atoms with E-state index in [1.807, 2.05) is 19.9 Å². The Morgan fingerprint density at radius 1 is 0.903 bits per heavy atom. The highest BCUT2D eigenvalue weighted by Crippen LogP contribution is 2.37. The lowest BCUT2D eigenvalue weighted by atomic mass is 10.2. The average Bonchev–Trinajstić information content (AvgIpc) is 2.77. The molecule has 10 heteroatoms. The first-order valence-corrected chi connectivity index (χ1v) is 11.1. The molecular formula is C21H28F3N5S2. The third-order valence-corrected chi connectivity index (χ3v) is 5.73. The largest absolute Gasteiger partial charge is 0.446 e. The van der Waals surface area contributed by atoms with Crippen molar-refractivity contribution in [2.45, 2.75) is 29.1 Å². The van der Waals surface area contributed by atoms with E-state index in [0.717, 1.165) is 36.8 Å². The lowest BCUT2D eigenvalue weighted by Gasteiger charge is -2.35. The molecule has 5 nitrogen and oxygen atoms in total. The van der Waals surface area contributed by atoms with E-state index < -0.39 is 5.51 Å². The van der Waals surface area contributed by atoms with Crippen LogP contribution >= 0.6 is 23.7 Å². The van der Waals surface area contributed by atoms with E-state index in [0.29, 0.717) is 5.82 Å². The summed E-state index contributed by atoms with van der Waals surface area (Å²) >= 11 is 1.55. The van der Waals surface area contributed by atoms with Gasteiger partial charge in [0.2, 0.25) is 0 Å². The van der Waals surface area contributed by atoms with Crippen LogP contribution in [0.25, 0.3) is 0 Å². The van der Waals surface area contributed by atoms with Crippen LogP contribution in [-0.2, 0) is 0 Å². The van der Waals surface area contributed by atoms with Gasteiger partial charge in [0.05, 0.1) is 0 Å². The van der Waals surface area contributed by atoms with Gasteiger partial charge in [0.25, 0.3) is 0 Å². The first-order valence-electron chi connectivity index (χ1n) is 9.47. The third-order valence-electron chi connectivity index (χ3n) is 3.92. The number of hydrogen-bond acceptors (Lipinski definition) is 7. The molecule has 2 heterocycles. The molecule has 1 aromatic heterocycles. The second-order valence-electron chi connectivity index (χ2n) is 5.97. The fourth-order valence-corrected chi connectivity index (χ4v) is 3.90. The summed E-state index contributed by atoms with van der Waals surface area (Å²) in [6, 6.07) is 10.3. The summed E-state index contributed by atoms with van der Waals surface area (Å²) in [6.07, 6.45) is 1.75. The van der Waals surface area contributed by atoms with Crippen LogP contribution in [0.3, 0.4) is 0 Å². The molecule has 0 bridgehead atoms. The first-order chi connectivity index (χ1) is 14.8. The molecule has 0 unspecified atom stereocenters. The average molecular weight is 472 g/mol. The van der Waals surface area contributed by atoms with E-state index in [2.05, 4.69) is 31.8 Å². The number of nitrogens with zero attached hydrogens (tertiary/aromatic N) is 3. The zero-order valence-corrected chi connectivity index (χ0v) is 19.4. The molecule has 0 amide bonds. The van der Waals surface area contributed by atoms with Crippen molar-refractivity contribution >= 4 is 35.2 Å². The fraction of sp³-hybridized carbons (Fsp3) is 0.381. The van der Waals surface area contributed by atoms with E-state index in [1.165, 1.54) is 19.2 Å². The van der Waals surface area contributed by atoms with E-state index in [-0.39, 0.29) is 16.7 Å². The lowest BCUT2D eigenvalue weighted by Crippen LogP contribution is -2.43. The molecule has 1 saturated heterocycles. The molecule has 1 aromatic carbocycles. The van der Waals surface area contributed by atoms with Gasteiger partial charge in [0.15, 0.2) is 0 Å². The summed E-state index contributed by atoms with van der Waals surface area (Å²) in [5.41, 5.74) is 6.78. The molecule has 170 valence electrons. The molecule has 0 spiro atoms. The van der Waals surface area contributed by atoms with Gasteiger partial charge >= 0.3 is 5.51 Å². The molecule has 4 N–H and O–H groups in total. The maximum absolute atomic E-state index is 12.4. The highest BCUT2D eigenvalue weighted by Gasteiger charge is 2.29. The summed E-state index contributed by atoms with van der Waals surface area (Å²) in [4.78, 5) is 7.51. The van der Waals surface area contributed by atoms with Crippen molar-refractivity contribution < 1.29 is 13.2 Å². The Kier molecular flexibility index (Phi) is 12.3. The Morgan fingerprint density at radius 3 is 1.90 bits per heavy atom. The number of pyridine rings is 1. The molecule has 0 saturated carbocycles. The van der Waals surface area contributed by atoms with Crippen molar-refractivity contribution in [2.75, 3.05) is 43.9 Å². The van der Waals surface area contributed by atoms with Gasteiger partial charge in [-0.15, -0.1) is 11.8 Å². The van der Waals surface area contributed by atoms with E-state index in [4.69, 9.17) is 5.73 Å². The minimum Gasteiger partial charge on any atom is -0.384 e. The molecule has 1 aliphatic heterocycles. The van der Waals surface area contributed by atoms with Gasteiger partial charge in [-0.1, -0.05) is 0 Å². The number of nitrogens with two attached hydrogens (primary N) is 2. The number of thioether (sulfide) groups is 1. The van der Waals surface area contributed by atoms with Gasteiger partial charge < -0.3 is 16.4 Å². The quantitative estimate of drug-likeness (QED) is 0.380. The Bertz CT molecular complexity index is 804. The second-order valence-corrected chi connectivity index (χ2v) is 8.28. The number of piperazine rings is 1. The molecule has 3 rings (SSSR count). The number of alkyl halides is 3. The van der Waals surface area contributed by atoms with Gasteiger partial charge in [0, 0.05) is 47.9 Å². The number of nitrogen functional groups attached to an aromatic ring is 1. The number of rotatable bonds is 4. The lowest BCUT2D eigenvalue weighted by molar-refractivity contribution is -0.0328. The van der Waals surface area contributed by atoms with Gasteiger partial charge in [-0.2, -0.15) is 13.2 Å². The van der Waals surface area contributed by atoms with Crippen molar-refractivity contribution in [1.82, 2.24) is 9.29 Å². The molecule has 1 aliphatic rings. The van der Waals surface area contributed by atoms with Crippen LogP contribution in [0.2, 0.25) is 0 Å².